The number of nitrogen functional groups attached to an aromatic ring is 1. The fraction of sp³-hybridized carbons (Fsp3) is 0.211. The van der Waals surface area contributed by atoms with Gasteiger partial charge in [-0.05, 0) is 41.8 Å². The molecule has 0 amide bonds. The number of nitrogens with two attached hydrogens (primary N) is 1. The first-order valence-electron chi connectivity index (χ1n) is 8.81. The Bertz CT molecular complexity index is 1170. The van der Waals surface area contributed by atoms with E-state index in [0.717, 1.165) is 25.1 Å². The summed E-state index contributed by atoms with van der Waals surface area (Å²) in [5.41, 5.74) is 10.1. The predicted molar refractivity (Wildman–Crippen MR) is 107 cm³/mol. The zero-order valence-electron chi connectivity index (χ0n) is 14.8. The quantitative estimate of drug-likeness (QED) is 0.548. The second-order valence-electron chi connectivity index (χ2n) is 6.79. The Morgan fingerprint density at radius 1 is 1.18 bits per heavy atom. The molecule has 28 heavy (non-hydrogen) atoms. The minimum Gasteiger partial charge on any atom is -0.461 e. The molecule has 1 aromatic carbocycles. The topological polar surface area (TPSA) is 85.5 Å². The van der Waals surface area contributed by atoms with E-state index in [1.165, 1.54) is 11.1 Å². The third-order valence-electron chi connectivity index (χ3n) is 4.93. The molecule has 1 aliphatic heterocycles. The highest BCUT2D eigenvalue weighted by molar-refractivity contribution is 6.42. The number of fused-ring (bicyclic) bond motifs is 2. The minimum atomic E-state index is 0.287. The molecule has 4 heterocycles. The van der Waals surface area contributed by atoms with Gasteiger partial charge in [0.25, 0.3) is 0 Å². The third-order valence-corrected chi connectivity index (χ3v) is 5.66. The molecule has 7 nitrogen and oxygen atoms in total. The van der Waals surface area contributed by atoms with E-state index in [1.807, 2.05) is 18.2 Å². The van der Waals surface area contributed by atoms with Gasteiger partial charge >= 0.3 is 0 Å². The van der Waals surface area contributed by atoms with Crippen molar-refractivity contribution in [3.8, 4) is 11.6 Å². The van der Waals surface area contributed by atoms with Crippen LogP contribution >= 0.6 is 23.2 Å². The van der Waals surface area contributed by atoms with Gasteiger partial charge in [-0.1, -0.05) is 23.2 Å². The summed E-state index contributed by atoms with van der Waals surface area (Å²) in [6.07, 6.45) is 4.26. The molecular formula is C19H16Cl2N6O. The maximum atomic E-state index is 6.20. The molecular weight excluding hydrogens is 399 g/mol. The Hall–Kier alpha value is -2.61. The van der Waals surface area contributed by atoms with Crippen LogP contribution in [-0.2, 0) is 19.5 Å². The molecule has 0 saturated carbocycles. The van der Waals surface area contributed by atoms with Crippen molar-refractivity contribution in [3.05, 3.63) is 63.5 Å². The molecule has 1 aliphatic rings. The average Bonchev–Trinajstić information content (AvgIpc) is 3.35. The van der Waals surface area contributed by atoms with Crippen molar-refractivity contribution in [3.63, 3.8) is 0 Å². The molecule has 0 spiro atoms. The zero-order chi connectivity index (χ0) is 19.3. The van der Waals surface area contributed by atoms with Crippen molar-refractivity contribution in [1.82, 2.24) is 24.5 Å². The molecule has 3 aromatic heterocycles. The van der Waals surface area contributed by atoms with E-state index in [0.29, 0.717) is 33.8 Å². The predicted octanol–water partition coefficient (Wildman–Crippen LogP) is 3.83. The molecule has 4 aromatic rings. The van der Waals surface area contributed by atoms with E-state index < -0.39 is 0 Å². The lowest BCUT2D eigenvalue weighted by Gasteiger charge is -2.29. The van der Waals surface area contributed by atoms with Gasteiger partial charge in [0.2, 0.25) is 11.8 Å². The summed E-state index contributed by atoms with van der Waals surface area (Å²) in [4.78, 5) is 11.2. The summed E-state index contributed by atoms with van der Waals surface area (Å²) in [5, 5.41) is 5.63. The van der Waals surface area contributed by atoms with Crippen molar-refractivity contribution < 1.29 is 4.42 Å². The number of benzene rings is 1. The van der Waals surface area contributed by atoms with E-state index in [9.17, 15) is 0 Å². The minimum absolute atomic E-state index is 0.287. The number of hydrogen-bond donors (Lipinski definition) is 1. The van der Waals surface area contributed by atoms with Gasteiger partial charge in [-0.15, -0.1) is 5.10 Å². The fourth-order valence-electron chi connectivity index (χ4n) is 3.54. The van der Waals surface area contributed by atoms with Crippen LogP contribution in [0.2, 0.25) is 10.0 Å². The van der Waals surface area contributed by atoms with Crippen LogP contribution in [0.25, 0.3) is 17.2 Å². The molecule has 0 radical (unpaired) electrons. The van der Waals surface area contributed by atoms with Gasteiger partial charge in [-0.2, -0.15) is 4.52 Å². The lowest BCUT2D eigenvalue weighted by molar-refractivity contribution is 0.246. The molecule has 0 saturated heterocycles. The maximum absolute atomic E-state index is 6.20. The Morgan fingerprint density at radius 3 is 2.79 bits per heavy atom. The molecule has 0 aliphatic carbocycles. The number of halogens is 2. The van der Waals surface area contributed by atoms with E-state index in [-0.39, 0.29) is 5.95 Å². The lowest BCUT2D eigenvalue weighted by Crippen LogP contribution is -2.30. The molecule has 9 heteroatoms. The van der Waals surface area contributed by atoms with Crippen molar-refractivity contribution in [2.45, 2.75) is 19.5 Å². The standard InChI is InChI=1S/C19H16Cl2N6O/c20-14-6-11-3-4-26(9-12(11)7-15(14)21)10-13-8-23-19(22)27-18(13)24-17(25-27)16-2-1-5-28-16/h1-2,5-8H,3-4,9-10H2,(H2,22,23). The van der Waals surface area contributed by atoms with Crippen LogP contribution in [0.1, 0.15) is 16.7 Å². The van der Waals surface area contributed by atoms with Gasteiger partial charge in [0.05, 0.1) is 16.3 Å². The number of nitrogens with zero attached hydrogens (tertiary/aromatic N) is 5. The molecule has 5 rings (SSSR count). The Labute approximate surface area is 170 Å². The maximum Gasteiger partial charge on any atom is 0.223 e. The van der Waals surface area contributed by atoms with Crippen molar-refractivity contribution in [1.29, 1.82) is 0 Å². The SMILES string of the molecule is Nc1ncc(CN2CCc3cc(Cl)c(Cl)cc3C2)c2nc(-c3ccco3)nn12. The van der Waals surface area contributed by atoms with Crippen LogP contribution in [0.3, 0.4) is 0 Å². The largest absolute Gasteiger partial charge is 0.461 e. The third kappa shape index (κ3) is 3.01. The van der Waals surface area contributed by atoms with Gasteiger partial charge in [0, 0.05) is 31.4 Å². The highest BCUT2D eigenvalue weighted by Crippen LogP contribution is 2.30. The summed E-state index contributed by atoms with van der Waals surface area (Å²) in [5.74, 6) is 1.36. The number of anilines is 1. The normalized spacial score (nSPS) is 14.5. The van der Waals surface area contributed by atoms with Gasteiger partial charge in [-0.25, -0.2) is 9.97 Å². The fourth-order valence-corrected chi connectivity index (χ4v) is 3.91. The average molecular weight is 415 g/mol. The van der Waals surface area contributed by atoms with Crippen molar-refractivity contribution in [2.75, 3.05) is 12.3 Å². The summed E-state index contributed by atoms with van der Waals surface area (Å²) >= 11 is 12.3. The Balaban J connectivity index is 1.47. The van der Waals surface area contributed by atoms with Crippen LogP contribution < -0.4 is 5.73 Å². The smallest absolute Gasteiger partial charge is 0.223 e. The zero-order valence-corrected chi connectivity index (χ0v) is 16.3. The molecule has 142 valence electrons. The van der Waals surface area contributed by atoms with Gasteiger partial charge in [0.15, 0.2) is 11.4 Å². The molecule has 2 N–H and O–H groups in total. The van der Waals surface area contributed by atoms with Gasteiger partial charge < -0.3 is 10.2 Å². The summed E-state index contributed by atoms with van der Waals surface area (Å²) in [6.45, 7) is 2.36. The first-order valence-corrected chi connectivity index (χ1v) is 9.57. The second-order valence-corrected chi connectivity index (χ2v) is 7.60. The number of furan rings is 1. The first kappa shape index (κ1) is 17.5. The summed E-state index contributed by atoms with van der Waals surface area (Å²) in [7, 11) is 0. The second kappa shape index (κ2) is 6.77. The highest BCUT2D eigenvalue weighted by atomic mass is 35.5. The van der Waals surface area contributed by atoms with Crippen LogP contribution in [0.5, 0.6) is 0 Å². The van der Waals surface area contributed by atoms with Crippen LogP contribution in [0.4, 0.5) is 5.95 Å². The summed E-state index contributed by atoms with van der Waals surface area (Å²) in [6, 6.07) is 7.53. The Kier molecular flexibility index (Phi) is 4.23. The van der Waals surface area contributed by atoms with Crippen molar-refractivity contribution in [2.24, 2.45) is 0 Å². The molecule has 0 fully saturated rings. The lowest BCUT2D eigenvalue weighted by atomic mass is 9.99. The number of rotatable bonds is 3. The molecule has 0 unspecified atom stereocenters. The van der Waals surface area contributed by atoms with E-state index >= 15 is 0 Å². The summed E-state index contributed by atoms with van der Waals surface area (Å²) < 4.78 is 6.96. The van der Waals surface area contributed by atoms with Gasteiger partial charge in [-0.3, -0.25) is 4.90 Å². The van der Waals surface area contributed by atoms with Crippen LogP contribution in [-0.4, -0.2) is 31.0 Å². The van der Waals surface area contributed by atoms with Crippen molar-refractivity contribution >= 4 is 34.8 Å². The van der Waals surface area contributed by atoms with Crippen LogP contribution in [0.15, 0.2) is 41.1 Å². The molecule has 0 atom stereocenters. The van der Waals surface area contributed by atoms with E-state index in [4.69, 9.17) is 33.4 Å². The van der Waals surface area contributed by atoms with E-state index in [1.54, 1.807) is 23.0 Å². The Morgan fingerprint density at radius 2 is 2.00 bits per heavy atom. The van der Waals surface area contributed by atoms with Gasteiger partial charge in [0.1, 0.15) is 0 Å². The monoisotopic (exact) mass is 414 g/mol. The number of aromatic nitrogens is 4. The van der Waals surface area contributed by atoms with Crippen LogP contribution in [0, 0.1) is 0 Å². The number of hydrogen-bond acceptors (Lipinski definition) is 6. The van der Waals surface area contributed by atoms with E-state index in [2.05, 4.69) is 20.0 Å². The molecule has 0 bridgehead atoms. The first-order chi connectivity index (χ1) is 13.6. The highest BCUT2D eigenvalue weighted by Gasteiger charge is 2.21.